The van der Waals surface area contributed by atoms with Crippen LogP contribution in [0.15, 0.2) is 12.3 Å². The number of nitrogens with zero attached hydrogens (tertiary/aromatic N) is 3. The van der Waals surface area contributed by atoms with Crippen LogP contribution in [-0.2, 0) is 6.54 Å². The van der Waals surface area contributed by atoms with Crippen molar-refractivity contribution in [3.8, 4) is 0 Å². The summed E-state index contributed by atoms with van der Waals surface area (Å²) in [4.78, 5) is 2.58. The van der Waals surface area contributed by atoms with Crippen molar-refractivity contribution < 1.29 is 0 Å². The van der Waals surface area contributed by atoms with Crippen LogP contribution in [0.2, 0.25) is 0 Å². The number of hydrogen-bond donors (Lipinski definition) is 1. The van der Waals surface area contributed by atoms with Crippen LogP contribution < -0.4 is 5.73 Å². The van der Waals surface area contributed by atoms with E-state index in [9.17, 15) is 0 Å². The second-order valence-corrected chi connectivity index (χ2v) is 5.56. The molecular formula is C13H24N4. The van der Waals surface area contributed by atoms with Crippen molar-refractivity contribution in [2.45, 2.75) is 39.8 Å². The van der Waals surface area contributed by atoms with Crippen LogP contribution in [-0.4, -0.2) is 33.8 Å². The molecule has 2 rings (SSSR count). The lowest BCUT2D eigenvalue weighted by Crippen LogP contribution is -2.46. The molecule has 4 heteroatoms. The third kappa shape index (κ3) is 3.00. The highest BCUT2D eigenvalue weighted by molar-refractivity contribution is 5.23. The zero-order chi connectivity index (χ0) is 12.4. The van der Waals surface area contributed by atoms with E-state index in [2.05, 4.69) is 30.8 Å². The Hall–Kier alpha value is -1.03. The molecule has 0 spiro atoms. The fraction of sp³-hybridized carbons (Fsp3) is 0.769. The molecule has 3 atom stereocenters. The van der Waals surface area contributed by atoms with Gasteiger partial charge in [0.05, 0.1) is 6.54 Å². The minimum Gasteiger partial charge on any atom is -0.382 e. The number of aromatic nitrogens is 2. The molecule has 0 aromatic carbocycles. The smallest absolute Gasteiger partial charge is 0.145 e. The molecule has 0 amide bonds. The van der Waals surface area contributed by atoms with Crippen LogP contribution in [0.3, 0.4) is 0 Å². The quantitative estimate of drug-likeness (QED) is 0.871. The van der Waals surface area contributed by atoms with Gasteiger partial charge in [-0.3, -0.25) is 9.58 Å². The molecule has 4 nitrogen and oxygen atoms in total. The van der Waals surface area contributed by atoms with Crippen molar-refractivity contribution in [2.75, 3.05) is 18.8 Å². The summed E-state index contributed by atoms with van der Waals surface area (Å²) in [7, 11) is 0. The van der Waals surface area contributed by atoms with Gasteiger partial charge in [-0.2, -0.15) is 5.10 Å². The molecule has 3 unspecified atom stereocenters. The zero-order valence-corrected chi connectivity index (χ0v) is 11.1. The molecule has 17 heavy (non-hydrogen) atoms. The monoisotopic (exact) mass is 236 g/mol. The molecule has 1 aliphatic rings. The summed E-state index contributed by atoms with van der Waals surface area (Å²) in [6.45, 7) is 10.3. The van der Waals surface area contributed by atoms with Crippen LogP contribution in [0.5, 0.6) is 0 Å². The maximum Gasteiger partial charge on any atom is 0.145 e. The summed E-state index contributed by atoms with van der Waals surface area (Å²) in [6, 6.07) is 2.53. The molecule has 0 radical (unpaired) electrons. The Kier molecular flexibility index (Phi) is 3.72. The van der Waals surface area contributed by atoms with Crippen LogP contribution in [0, 0.1) is 11.8 Å². The predicted molar refractivity (Wildman–Crippen MR) is 70.6 cm³/mol. The fourth-order valence-corrected chi connectivity index (χ4v) is 2.86. The van der Waals surface area contributed by atoms with Gasteiger partial charge in [0.15, 0.2) is 0 Å². The lowest BCUT2D eigenvalue weighted by molar-refractivity contribution is 0.0756. The second-order valence-electron chi connectivity index (χ2n) is 5.56. The Bertz CT molecular complexity index is 360. The number of likely N-dealkylation sites (tertiary alicyclic amines) is 1. The Labute approximate surface area is 104 Å². The molecule has 1 aromatic heterocycles. The molecule has 2 N–H and O–H groups in total. The maximum atomic E-state index is 5.61. The second kappa shape index (κ2) is 5.08. The Morgan fingerprint density at radius 2 is 2.12 bits per heavy atom. The van der Waals surface area contributed by atoms with E-state index in [1.54, 1.807) is 0 Å². The molecule has 1 fully saturated rings. The van der Waals surface area contributed by atoms with Gasteiger partial charge in [0.1, 0.15) is 5.82 Å². The molecule has 1 aromatic rings. The first-order chi connectivity index (χ1) is 8.06. The van der Waals surface area contributed by atoms with E-state index in [0.717, 1.165) is 24.9 Å². The van der Waals surface area contributed by atoms with E-state index >= 15 is 0 Å². The number of hydrogen-bond acceptors (Lipinski definition) is 3. The van der Waals surface area contributed by atoms with Gasteiger partial charge in [-0.1, -0.05) is 13.8 Å². The van der Waals surface area contributed by atoms with E-state index in [1.807, 2.05) is 16.9 Å². The molecule has 96 valence electrons. The predicted octanol–water partition coefficient (Wildman–Crippen LogP) is 1.83. The lowest BCUT2D eigenvalue weighted by atomic mass is 9.86. The summed E-state index contributed by atoms with van der Waals surface area (Å²) in [5, 5.41) is 4.23. The van der Waals surface area contributed by atoms with Gasteiger partial charge < -0.3 is 5.73 Å². The Balaban J connectivity index is 1.89. The highest BCUT2D eigenvalue weighted by Crippen LogP contribution is 2.26. The van der Waals surface area contributed by atoms with Crippen molar-refractivity contribution in [2.24, 2.45) is 11.8 Å². The summed E-state index contributed by atoms with van der Waals surface area (Å²) in [5.41, 5.74) is 5.61. The number of nitrogens with two attached hydrogens (primary N) is 1. The minimum atomic E-state index is 0.610. The first-order valence-electron chi connectivity index (χ1n) is 6.59. The van der Waals surface area contributed by atoms with E-state index in [0.29, 0.717) is 11.9 Å². The third-order valence-corrected chi connectivity index (χ3v) is 4.00. The van der Waals surface area contributed by atoms with Crippen molar-refractivity contribution in [1.29, 1.82) is 0 Å². The molecule has 0 aliphatic carbocycles. The summed E-state index contributed by atoms with van der Waals surface area (Å²) in [6.07, 6.45) is 3.31. The summed E-state index contributed by atoms with van der Waals surface area (Å²) < 4.78 is 1.94. The summed E-state index contributed by atoms with van der Waals surface area (Å²) >= 11 is 0. The maximum absolute atomic E-state index is 5.61. The molecule has 1 saturated heterocycles. The molecule has 0 saturated carbocycles. The SMILES string of the molecule is CC1CC(C)C(C)N(CCn2ccc(N)n2)C1. The lowest BCUT2D eigenvalue weighted by Gasteiger charge is -2.41. The van der Waals surface area contributed by atoms with Gasteiger partial charge in [-0.15, -0.1) is 0 Å². The van der Waals surface area contributed by atoms with E-state index in [4.69, 9.17) is 5.73 Å². The number of anilines is 1. The summed E-state index contributed by atoms with van der Waals surface area (Å²) in [5.74, 6) is 2.21. The average Bonchev–Trinajstić information content (AvgIpc) is 2.67. The van der Waals surface area contributed by atoms with Crippen molar-refractivity contribution in [3.05, 3.63) is 12.3 Å². The van der Waals surface area contributed by atoms with Gasteiger partial charge in [-0.05, 0) is 31.2 Å². The number of piperidine rings is 1. The van der Waals surface area contributed by atoms with E-state index < -0.39 is 0 Å². The van der Waals surface area contributed by atoms with Crippen LogP contribution in [0.1, 0.15) is 27.2 Å². The Morgan fingerprint density at radius 1 is 1.35 bits per heavy atom. The van der Waals surface area contributed by atoms with E-state index in [-0.39, 0.29) is 0 Å². The van der Waals surface area contributed by atoms with Crippen LogP contribution in [0.4, 0.5) is 5.82 Å². The molecular weight excluding hydrogens is 212 g/mol. The largest absolute Gasteiger partial charge is 0.382 e. The van der Waals surface area contributed by atoms with Gasteiger partial charge in [0.2, 0.25) is 0 Å². The Morgan fingerprint density at radius 3 is 2.76 bits per heavy atom. The van der Waals surface area contributed by atoms with Gasteiger partial charge in [0.25, 0.3) is 0 Å². The molecule has 0 bridgehead atoms. The first-order valence-corrected chi connectivity index (χ1v) is 6.59. The molecule has 2 heterocycles. The normalized spacial score (nSPS) is 30.6. The van der Waals surface area contributed by atoms with Crippen molar-refractivity contribution in [3.63, 3.8) is 0 Å². The fourth-order valence-electron chi connectivity index (χ4n) is 2.86. The topological polar surface area (TPSA) is 47.1 Å². The van der Waals surface area contributed by atoms with Crippen LogP contribution in [0.25, 0.3) is 0 Å². The van der Waals surface area contributed by atoms with Crippen molar-refractivity contribution >= 4 is 5.82 Å². The zero-order valence-electron chi connectivity index (χ0n) is 11.1. The number of rotatable bonds is 3. The minimum absolute atomic E-state index is 0.610. The average molecular weight is 236 g/mol. The molecule has 1 aliphatic heterocycles. The van der Waals surface area contributed by atoms with Crippen molar-refractivity contribution in [1.82, 2.24) is 14.7 Å². The third-order valence-electron chi connectivity index (χ3n) is 4.00. The standard InChI is InChI=1S/C13H24N4/c1-10-8-11(2)12(3)16(9-10)6-7-17-5-4-13(14)15-17/h4-5,10-12H,6-9H2,1-3H3,(H2,14,15). The van der Waals surface area contributed by atoms with Gasteiger partial charge in [-0.25, -0.2) is 0 Å². The number of nitrogen functional groups attached to an aromatic ring is 1. The highest BCUT2D eigenvalue weighted by Gasteiger charge is 2.28. The van der Waals surface area contributed by atoms with Gasteiger partial charge >= 0.3 is 0 Å². The highest BCUT2D eigenvalue weighted by atomic mass is 15.3. The first kappa shape index (κ1) is 12.4. The van der Waals surface area contributed by atoms with Gasteiger partial charge in [0, 0.05) is 25.3 Å². The van der Waals surface area contributed by atoms with Crippen LogP contribution >= 0.6 is 0 Å². The van der Waals surface area contributed by atoms with E-state index in [1.165, 1.54) is 13.0 Å².